The molecule has 0 aromatic heterocycles. The number of rotatable bonds is 55. The highest BCUT2D eigenvalue weighted by Gasteiger charge is 2.19. The van der Waals surface area contributed by atoms with E-state index in [0.29, 0.717) is 19.3 Å². The van der Waals surface area contributed by atoms with E-state index in [9.17, 15) is 14.4 Å². The van der Waals surface area contributed by atoms with Gasteiger partial charge in [-0.1, -0.05) is 318 Å². The first kappa shape index (κ1) is 67.8. The summed E-state index contributed by atoms with van der Waals surface area (Å²) in [5.41, 5.74) is 0. The predicted molar refractivity (Wildman–Crippen MR) is 307 cm³/mol. The van der Waals surface area contributed by atoms with Gasteiger partial charge in [0.1, 0.15) is 13.2 Å². The molecule has 0 saturated carbocycles. The van der Waals surface area contributed by atoms with Crippen LogP contribution in [0.1, 0.15) is 303 Å². The van der Waals surface area contributed by atoms with Gasteiger partial charge in [-0.2, -0.15) is 0 Å². The van der Waals surface area contributed by atoms with E-state index in [1.54, 1.807) is 0 Å². The molecule has 0 amide bonds. The molecule has 0 radical (unpaired) electrons. The molecule has 0 heterocycles. The third-order valence-corrected chi connectivity index (χ3v) is 13.4. The Morgan fingerprint density at radius 3 is 0.859 bits per heavy atom. The van der Waals surface area contributed by atoms with Crippen molar-refractivity contribution in [1.29, 1.82) is 0 Å². The number of esters is 3. The third kappa shape index (κ3) is 57.6. The average molecular weight is 992 g/mol. The number of unbranched alkanes of at least 4 members (excludes halogenated alkanes) is 37. The Bertz CT molecular complexity index is 1320. The minimum atomic E-state index is -0.792. The maximum atomic E-state index is 12.9. The Hall–Kier alpha value is -3.15. The van der Waals surface area contributed by atoms with Crippen LogP contribution >= 0.6 is 0 Å². The molecular formula is C65H114O6. The monoisotopic (exact) mass is 991 g/mol. The van der Waals surface area contributed by atoms with Crippen molar-refractivity contribution in [2.24, 2.45) is 0 Å². The molecule has 1 unspecified atom stereocenters. The standard InChI is InChI=1S/C65H114O6/c1-4-7-10-13-16-19-22-25-28-31-34-37-40-43-46-49-52-55-58-64(67)70-61-62(60-69-63(66)57-54-51-48-45-42-39-36-33-30-27-24-21-18-15-12-9-6-3)71-65(68)59-56-53-50-47-44-41-38-35-32-29-26-23-20-17-14-11-8-5-2/h9,12,15,18,21,24,27,30,33,36,39,42,62H,4-8,10-11,13-14,16-17,19-20,22-23,25-26,28-29,31-32,34-35,37-38,40-41,43-61H2,1-3H3/b12-9-,18-15-,24-21-,30-27-,36-33+,42-39-. The number of ether oxygens (including phenoxy) is 3. The zero-order chi connectivity index (χ0) is 51.4. The topological polar surface area (TPSA) is 78.9 Å². The zero-order valence-corrected chi connectivity index (χ0v) is 47.0. The summed E-state index contributed by atoms with van der Waals surface area (Å²) >= 11 is 0. The molecule has 0 aliphatic rings. The van der Waals surface area contributed by atoms with Gasteiger partial charge in [-0.05, 0) is 38.5 Å². The lowest BCUT2D eigenvalue weighted by Crippen LogP contribution is -2.30. The maximum Gasteiger partial charge on any atom is 0.306 e. The predicted octanol–water partition coefficient (Wildman–Crippen LogP) is 20.5. The van der Waals surface area contributed by atoms with Gasteiger partial charge in [-0.25, -0.2) is 0 Å². The minimum absolute atomic E-state index is 0.0857. The van der Waals surface area contributed by atoms with E-state index in [1.165, 1.54) is 193 Å². The van der Waals surface area contributed by atoms with Gasteiger partial charge in [0.2, 0.25) is 0 Å². The van der Waals surface area contributed by atoms with E-state index >= 15 is 0 Å². The zero-order valence-electron chi connectivity index (χ0n) is 47.0. The Morgan fingerprint density at radius 1 is 0.296 bits per heavy atom. The van der Waals surface area contributed by atoms with Gasteiger partial charge in [0.05, 0.1) is 0 Å². The van der Waals surface area contributed by atoms with E-state index in [-0.39, 0.29) is 31.1 Å². The summed E-state index contributed by atoms with van der Waals surface area (Å²) < 4.78 is 16.9. The van der Waals surface area contributed by atoms with Gasteiger partial charge in [0.25, 0.3) is 0 Å². The fourth-order valence-corrected chi connectivity index (χ4v) is 8.83. The lowest BCUT2D eigenvalue weighted by atomic mass is 10.0. The number of hydrogen-bond acceptors (Lipinski definition) is 6. The highest BCUT2D eigenvalue weighted by Crippen LogP contribution is 2.17. The Morgan fingerprint density at radius 2 is 0.549 bits per heavy atom. The lowest BCUT2D eigenvalue weighted by molar-refractivity contribution is -0.167. The molecule has 0 aliphatic carbocycles. The SMILES string of the molecule is CC\C=C/C=C\C=C/C=C\C=C\C=C/CCCCCC(=O)OCC(COC(=O)CCCCCCCCCCCCCCCCCCCC)OC(=O)CCCCCCCCCCCCCCCCCCCC. The highest BCUT2D eigenvalue weighted by atomic mass is 16.6. The third-order valence-electron chi connectivity index (χ3n) is 13.4. The second-order valence-corrected chi connectivity index (χ2v) is 20.4. The summed E-state index contributed by atoms with van der Waals surface area (Å²) in [7, 11) is 0. The molecular weight excluding hydrogens is 877 g/mol. The lowest BCUT2D eigenvalue weighted by Gasteiger charge is -2.18. The summed E-state index contributed by atoms with van der Waals surface area (Å²) in [5.74, 6) is -0.914. The fourth-order valence-electron chi connectivity index (χ4n) is 8.83. The average Bonchev–Trinajstić information content (AvgIpc) is 3.37. The summed E-state index contributed by atoms with van der Waals surface area (Å²) in [6.07, 6.45) is 76.1. The first-order valence-electron chi connectivity index (χ1n) is 30.5. The largest absolute Gasteiger partial charge is 0.462 e. The first-order valence-corrected chi connectivity index (χ1v) is 30.5. The van der Waals surface area contributed by atoms with Crippen LogP contribution in [0, 0.1) is 0 Å². The van der Waals surface area contributed by atoms with Gasteiger partial charge in [-0.15, -0.1) is 0 Å². The first-order chi connectivity index (χ1) is 35.0. The summed E-state index contributed by atoms with van der Waals surface area (Å²) in [5, 5.41) is 0. The second kappa shape index (κ2) is 59.4. The molecule has 0 saturated heterocycles. The van der Waals surface area contributed by atoms with E-state index < -0.39 is 6.10 Å². The van der Waals surface area contributed by atoms with Crippen LogP contribution in [0.5, 0.6) is 0 Å². The van der Waals surface area contributed by atoms with Gasteiger partial charge in [0.15, 0.2) is 6.10 Å². The smallest absolute Gasteiger partial charge is 0.306 e. The van der Waals surface area contributed by atoms with Crippen LogP contribution in [0.2, 0.25) is 0 Å². The minimum Gasteiger partial charge on any atom is -0.462 e. The maximum absolute atomic E-state index is 12.9. The van der Waals surface area contributed by atoms with Crippen molar-refractivity contribution in [3.8, 4) is 0 Å². The van der Waals surface area contributed by atoms with Crippen LogP contribution in [0.3, 0.4) is 0 Å². The number of carbonyl (C=O) groups is 3. The Balaban J connectivity index is 4.42. The molecule has 6 heteroatoms. The van der Waals surface area contributed by atoms with Crippen LogP contribution in [0.15, 0.2) is 72.9 Å². The molecule has 0 aliphatic heterocycles. The normalized spacial score (nSPS) is 12.5. The Kier molecular flexibility index (Phi) is 56.8. The van der Waals surface area contributed by atoms with Crippen LogP contribution < -0.4 is 0 Å². The van der Waals surface area contributed by atoms with Crippen LogP contribution in [-0.4, -0.2) is 37.2 Å². The van der Waals surface area contributed by atoms with Gasteiger partial charge >= 0.3 is 17.9 Å². The van der Waals surface area contributed by atoms with Crippen molar-refractivity contribution in [3.05, 3.63) is 72.9 Å². The number of allylic oxidation sites excluding steroid dienone is 12. The molecule has 0 aromatic rings. The molecule has 410 valence electrons. The molecule has 6 nitrogen and oxygen atoms in total. The molecule has 1 atom stereocenters. The van der Waals surface area contributed by atoms with Crippen molar-refractivity contribution in [1.82, 2.24) is 0 Å². The second-order valence-electron chi connectivity index (χ2n) is 20.4. The molecule has 0 N–H and O–H groups in total. The van der Waals surface area contributed by atoms with Gasteiger partial charge in [-0.3, -0.25) is 14.4 Å². The molecule has 0 fully saturated rings. The van der Waals surface area contributed by atoms with Crippen molar-refractivity contribution in [2.45, 2.75) is 309 Å². The van der Waals surface area contributed by atoms with Gasteiger partial charge < -0.3 is 14.2 Å². The van der Waals surface area contributed by atoms with Gasteiger partial charge in [0, 0.05) is 19.3 Å². The van der Waals surface area contributed by atoms with Crippen LogP contribution in [0.4, 0.5) is 0 Å². The number of carbonyl (C=O) groups excluding carboxylic acids is 3. The summed E-state index contributed by atoms with van der Waals surface area (Å²) in [4.78, 5) is 38.2. The number of hydrogen-bond donors (Lipinski definition) is 0. The van der Waals surface area contributed by atoms with E-state index in [2.05, 4.69) is 45.1 Å². The summed E-state index contributed by atoms with van der Waals surface area (Å²) in [6.45, 7) is 6.50. The molecule has 0 bridgehead atoms. The quantitative estimate of drug-likeness (QED) is 0.0261. The summed E-state index contributed by atoms with van der Waals surface area (Å²) in [6, 6.07) is 0. The molecule has 71 heavy (non-hydrogen) atoms. The van der Waals surface area contributed by atoms with Crippen molar-refractivity contribution < 1.29 is 28.6 Å². The van der Waals surface area contributed by atoms with E-state index in [1.807, 2.05) is 48.6 Å². The Labute approximate surface area is 440 Å². The van der Waals surface area contributed by atoms with E-state index in [4.69, 9.17) is 14.2 Å². The van der Waals surface area contributed by atoms with Crippen molar-refractivity contribution in [3.63, 3.8) is 0 Å². The van der Waals surface area contributed by atoms with E-state index in [0.717, 1.165) is 70.6 Å². The van der Waals surface area contributed by atoms with Crippen LogP contribution in [0.25, 0.3) is 0 Å². The van der Waals surface area contributed by atoms with Crippen LogP contribution in [-0.2, 0) is 28.6 Å². The molecule has 0 aromatic carbocycles. The fraction of sp³-hybridized carbons (Fsp3) is 0.769. The van der Waals surface area contributed by atoms with Crippen molar-refractivity contribution >= 4 is 17.9 Å². The highest BCUT2D eigenvalue weighted by molar-refractivity contribution is 5.71. The van der Waals surface area contributed by atoms with Crippen molar-refractivity contribution in [2.75, 3.05) is 13.2 Å². The molecule has 0 rings (SSSR count). The molecule has 0 spiro atoms.